The quantitative estimate of drug-likeness (QED) is 0.778. The highest BCUT2D eigenvalue weighted by atomic mass is 16.5. The highest BCUT2D eigenvalue weighted by Gasteiger charge is 2.10. The second kappa shape index (κ2) is 6.46. The molecule has 3 aromatic rings. The van der Waals surface area contributed by atoms with Gasteiger partial charge in [0.25, 0.3) is 11.5 Å². The lowest BCUT2D eigenvalue weighted by Gasteiger charge is -2.08. The molecule has 0 saturated carbocycles. The number of nitrogens with one attached hydrogen (secondary N) is 2. The van der Waals surface area contributed by atoms with Crippen LogP contribution in [0.15, 0.2) is 59.4 Å². The van der Waals surface area contributed by atoms with Gasteiger partial charge in [0.15, 0.2) is 0 Å². The number of carbonyl (C=O) groups is 1. The second-order valence-corrected chi connectivity index (χ2v) is 5.19. The average molecular weight is 308 g/mol. The number of benzene rings is 2. The molecule has 0 saturated heterocycles. The Kier molecular flexibility index (Phi) is 4.21. The van der Waals surface area contributed by atoms with Gasteiger partial charge in [0, 0.05) is 18.2 Å². The zero-order valence-electron chi connectivity index (χ0n) is 12.6. The van der Waals surface area contributed by atoms with E-state index in [-0.39, 0.29) is 17.2 Å². The normalized spacial score (nSPS) is 10.7. The third-order valence-corrected chi connectivity index (χ3v) is 3.49. The van der Waals surface area contributed by atoms with Crippen molar-refractivity contribution in [1.29, 1.82) is 0 Å². The van der Waals surface area contributed by atoms with Crippen LogP contribution in [0.25, 0.3) is 10.8 Å². The summed E-state index contributed by atoms with van der Waals surface area (Å²) in [5, 5.41) is 4.08. The van der Waals surface area contributed by atoms with Gasteiger partial charge in [0.2, 0.25) is 0 Å². The predicted molar refractivity (Wildman–Crippen MR) is 89.7 cm³/mol. The van der Waals surface area contributed by atoms with Gasteiger partial charge >= 0.3 is 0 Å². The number of aromatic amines is 1. The number of fused-ring (bicyclic) bond motifs is 1. The first-order valence-electron chi connectivity index (χ1n) is 7.18. The van der Waals surface area contributed by atoms with E-state index >= 15 is 0 Å². The van der Waals surface area contributed by atoms with Crippen molar-refractivity contribution in [3.05, 3.63) is 76.2 Å². The molecule has 0 aliphatic rings. The van der Waals surface area contributed by atoms with Crippen LogP contribution in [0.2, 0.25) is 0 Å². The zero-order chi connectivity index (χ0) is 16.2. The van der Waals surface area contributed by atoms with Crippen molar-refractivity contribution >= 4 is 22.4 Å². The van der Waals surface area contributed by atoms with Crippen molar-refractivity contribution in [2.75, 3.05) is 12.4 Å². The molecule has 2 N–H and O–H groups in total. The summed E-state index contributed by atoms with van der Waals surface area (Å²) in [5.74, 6) is -0.359. The maximum Gasteiger partial charge on any atom is 0.272 e. The molecule has 3 rings (SSSR count). The number of carbonyl (C=O) groups excluding carboxylic acids is 1. The fourth-order valence-corrected chi connectivity index (χ4v) is 2.44. The van der Waals surface area contributed by atoms with Gasteiger partial charge in [-0.2, -0.15) is 0 Å². The number of H-pyrrole nitrogens is 1. The Bertz CT molecular complexity index is 915. The molecule has 1 heterocycles. The zero-order valence-corrected chi connectivity index (χ0v) is 12.6. The largest absolute Gasteiger partial charge is 0.380 e. The topological polar surface area (TPSA) is 71.2 Å². The molecule has 0 fully saturated rings. The number of ether oxygens (including phenoxy) is 1. The highest BCUT2D eigenvalue weighted by Crippen LogP contribution is 2.14. The van der Waals surface area contributed by atoms with E-state index < -0.39 is 0 Å². The van der Waals surface area contributed by atoms with Crippen LogP contribution in [-0.4, -0.2) is 18.0 Å². The van der Waals surface area contributed by atoms with Crippen molar-refractivity contribution in [1.82, 2.24) is 4.98 Å². The van der Waals surface area contributed by atoms with E-state index in [4.69, 9.17) is 4.74 Å². The minimum Gasteiger partial charge on any atom is -0.380 e. The summed E-state index contributed by atoms with van der Waals surface area (Å²) in [6, 6.07) is 16.2. The van der Waals surface area contributed by atoms with Crippen molar-refractivity contribution in [2.45, 2.75) is 6.61 Å². The van der Waals surface area contributed by atoms with E-state index in [0.29, 0.717) is 17.7 Å². The number of methoxy groups -OCH3 is 1. The first-order valence-corrected chi connectivity index (χ1v) is 7.18. The maximum atomic E-state index is 12.4. The van der Waals surface area contributed by atoms with Crippen LogP contribution in [0.4, 0.5) is 5.69 Å². The Morgan fingerprint density at radius 2 is 1.96 bits per heavy atom. The first-order chi connectivity index (χ1) is 11.2. The van der Waals surface area contributed by atoms with E-state index in [1.165, 1.54) is 0 Å². The third kappa shape index (κ3) is 3.30. The summed E-state index contributed by atoms with van der Waals surface area (Å²) in [6.45, 7) is 0.469. The van der Waals surface area contributed by atoms with Crippen molar-refractivity contribution in [3.63, 3.8) is 0 Å². The van der Waals surface area contributed by atoms with Crippen LogP contribution in [0.5, 0.6) is 0 Å². The van der Waals surface area contributed by atoms with Gasteiger partial charge in [-0.1, -0.05) is 30.3 Å². The minimum absolute atomic E-state index is 0.228. The molecule has 0 spiro atoms. The van der Waals surface area contributed by atoms with Crippen molar-refractivity contribution in [3.8, 4) is 0 Å². The molecule has 23 heavy (non-hydrogen) atoms. The smallest absolute Gasteiger partial charge is 0.272 e. The van der Waals surface area contributed by atoms with Gasteiger partial charge in [-0.25, -0.2) is 0 Å². The molecular weight excluding hydrogens is 292 g/mol. The second-order valence-electron chi connectivity index (χ2n) is 5.19. The fourth-order valence-electron chi connectivity index (χ4n) is 2.44. The average Bonchev–Trinajstić information content (AvgIpc) is 2.55. The van der Waals surface area contributed by atoms with Gasteiger partial charge in [-0.15, -0.1) is 0 Å². The number of aromatic nitrogens is 1. The molecule has 0 atom stereocenters. The molecule has 0 radical (unpaired) electrons. The summed E-state index contributed by atoms with van der Waals surface area (Å²) >= 11 is 0. The van der Waals surface area contributed by atoms with Crippen LogP contribution in [0, 0.1) is 0 Å². The molecular formula is C18H16N2O3. The number of hydrogen-bond acceptors (Lipinski definition) is 3. The number of hydrogen-bond donors (Lipinski definition) is 2. The summed E-state index contributed by atoms with van der Waals surface area (Å²) < 4.78 is 5.08. The predicted octanol–water partition coefficient (Wildman–Crippen LogP) is 2.93. The van der Waals surface area contributed by atoms with Gasteiger partial charge in [-0.3, -0.25) is 9.59 Å². The molecule has 5 heteroatoms. The monoisotopic (exact) mass is 308 g/mol. The molecule has 1 amide bonds. The van der Waals surface area contributed by atoms with E-state index in [9.17, 15) is 9.59 Å². The Balaban J connectivity index is 1.89. The summed E-state index contributed by atoms with van der Waals surface area (Å²) in [5.41, 5.74) is 1.56. The van der Waals surface area contributed by atoms with Crippen molar-refractivity contribution < 1.29 is 9.53 Å². The van der Waals surface area contributed by atoms with Crippen LogP contribution in [0.3, 0.4) is 0 Å². The lowest BCUT2D eigenvalue weighted by molar-refractivity contribution is 0.102. The van der Waals surface area contributed by atoms with Gasteiger partial charge in [0.1, 0.15) is 5.69 Å². The van der Waals surface area contributed by atoms with Gasteiger partial charge in [0.05, 0.1) is 6.61 Å². The van der Waals surface area contributed by atoms with Gasteiger partial charge in [-0.05, 0) is 35.2 Å². The van der Waals surface area contributed by atoms with E-state index in [2.05, 4.69) is 10.3 Å². The van der Waals surface area contributed by atoms with E-state index in [1.54, 1.807) is 37.4 Å². The molecule has 5 nitrogen and oxygen atoms in total. The molecule has 0 unspecified atom stereocenters. The summed E-state index contributed by atoms with van der Waals surface area (Å²) in [4.78, 5) is 27.0. The van der Waals surface area contributed by atoms with Crippen LogP contribution in [-0.2, 0) is 11.3 Å². The minimum atomic E-state index is -0.359. The first kappa shape index (κ1) is 15.0. The van der Waals surface area contributed by atoms with Gasteiger partial charge < -0.3 is 15.0 Å². The van der Waals surface area contributed by atoms with Crippen molar-refractivity contribution in [2.24, 2.45) is 0 Å². The SMILES string of the molecule is COCc1cccc(NC(=O)c2cc3ccccc3c(=O)[nH]2)c1. The molecule has 2 aromatic carbocycles. The van der Waals surface area contributed by atoms with Crippen LogP contribution in [0.1, 0.15) is 16.1 Å². The summed E-state index contributed by atoms with van der Waals surface area (Å²) in [7, 11) is 1.62. The molecule has 0 bridgehead atoms. The molecule has 1 aromatic heterocycles. The number of amides is 1. The standard InChI is InChI=1S/C18H16N2O3/c1-23-11-12-5-4-7-14(9-12)19-18(22)16-10-13-6-2-3-8-15(13)17(21)20-16/h2-10H,11H2,1H3,(H,19,22)(H,20,21). The Hall–Kier alpha value is -2.92. The number of anilines is 1. The Morgan fingerprint density at radius 1 is 1.13 bits per heavy atom. The van der Waals surface area contributed by atoms with Crippen LogP contribution >= 0.6 is 0 Å². The Labute approximate surface area is 132 Å². The number of rotatable bonds is 4. The maximum absolute atomic E-state index is 12.4. The lowest BCUT2D eigenvalue weighted by Crippen LogP contribution is -2.19. The van der Waals surface area contributed by atoms with Crippen LogP contribution < -0.4 is 10.9 Å². The molecule has 0 aliphatic heterocycles. The third-order valence-electron chi connectivity index (χ3n) is 3.49. The lowest BCUT2D eigenvalue weighted by atomic mass is 10.1. The van der Waals surface area contributed by atoms with E-state index in [0.717, 1.165) is 10.9 Å². The molecule has 116 valence electrons. The van der Waals surface area contributed by atoms with E-state index in [1.807, 2.05) is 24.3 Å². The Morgan fingerprint density at radius 3 is 2.78 bits per heavy atom. The summed E-state index contributed by atoms with van der Waals surface area (Å²) in [6.07, 6.45) is 0. The number of pyridine rings is 1. The highest BCUT2D eigenvalue weighted by molar-refractivity contribution is 6.04. The fraction of sp³-hybridized carbons (Fsp3) is 0.111. The molecule has 0 aliphatic carbocycles.